The van der Waals surface area contributed by atoms with Gasteiger partial charge in [0.25, 0.3) is 0 Å². The maximum Gasteiger partial charge on any atom is 0.331 e. The summed E-state index contributed by atoms with van der Waals surface area (Å²) in [5.74, 6) is -0.449. The molecule has 1 heterocycles. The van der Waals surface area contributed by atoms with Crippen LogP contribution in [0, 0.1) is 5.92 Å². The molecule has 1 aliphatic carbocycles. The summed E-state index contributed by atoms with van der Waals surface area (Å²) in [5.41, 5.74) is 0.560. The molecule has 0 bridgehead atoms. The second-order valence-corrected chi connectivity index (χ2v) is 6.16. The Labute approximate surface area is 120 Å². The van der Waals surface area contributed by atoms with Crippen molar-refractivity contribution in [1.29, 1.82) is 0 Å². The SMILES string of the molecule is CC(C(=O)O)=C(C)C(=O)N1CCCC1C1CCCCC1. The van der Waals surface area contributed by atoms with Crippen molar-refractivity contribution in [1.82, 2.24) is 4.90 Å². The third kappa shape index (κ3) is 3.05. The van der Waals surface area contributed by atoms with Crippen LogP contribution in [-0.4, -0.2) is 34.5 Å². The monoisotopic (exact) mass is 279 g/mol. The van der Waals surface area contributed by atoms with Crippen molar-refractivity contribution in [3.8, 4) is 0 Å². The predicted molar refractivity (Wildman–Crippen MR) is 77.3 cm³/mol. The molecule has 0 spiro atoms. The van der Waals surface area contributed by atoms with E-state index in [2.05, 4.69) is 0 Å². The standard InChI is InChI=1S/C16H25NO3/c1-11(12(2)16(19)20)15(18)17-10-6-9-14(17)13-7-4-3-5-8-13/h13-14H,3-10H2,1-2H3,(H,19,20). The molecule has 20 heavy (non-hydrogen) atoms. The first-order valence-electron chi connectivity index (χ1n) is 7.74. The van der Waals surface area contributed by atoms with Gasteiger partial charge in [-0.1, -0.05) is 19.3 Å². The molecule has 1 atom stereocenters. The Bertz CT molecular complexity index is 421. The Kier molecular flexibility index (Phi) is 4.84. The number of hydrogen-bond donors (Lipinski definition) is 1. The van der Waals surface area contributed by atoms with Gasteiger partial charge in [-0.05, 0) is 45.4 Å². The van der Waals surface area contributed by atoms with E-state index in [0.29, 0.717) is 17.5 Å². The molecular weight excluding hydrogens is 254 g/mol. The topological polar surface area (TPSA) is 57.6 Å². The lowest BCUT2D eigenvalue weighted by atomic mass is 9.83. The predicted octanol–water partition coefficient (Wildman–Crippen LogP) is 2.98. The number of carbonyl (C=O) groups is 2. The van der Waals surface area contributed by atoms with Crippen molar-refractivity contribution >= 4 is 11.9 Å². The smallest absolute Gasteiger partial charge is 0.331 e. The van der Waals surface area contributed by atoms with Crippen molar-refractivity contribution < 1.29 is 14.7 Å². The van der Waals surface area contributed by atoms with Crippen molar-refractivity contribution in [2.45, 2.75) is 64.8 Å². The molecule has 1 amide bonds. The van der Waals surface area contributed by atoms with Gasteiger partial charge in [-0.25, -0.2) is 4.79 Å². The Morgan fingerprint density at radius 2 is 1.60 bits per heavy atom. The van der Waals surface area contributed by atoms with Crippen LogP contribution < -0.4 is 0 Å². The second kappa shape index (κ2) is 6.42. The number of likely N-dealkylation sites (tertiary alicyclic amines) is 1. The van der Waals surface area contributed by atoms with Gasteiger partial charge < -0.3 is 10.0 Å². The summed E-state index contributed by atoms with van der Waals surface area (Å²) in [4.78, 5) is 25.5. The van der Waals surface area contributed by atoms with Crippen molar-refractivity contribution in [3.63, 3.8) is 0 Å². The van der Waals surface area contributed by atoms with Crippen LogP contribution in [0.15, 0.2) is 11.1 Å². The zero-order valence-corrected chi connectivity index (χ0v) is 12.5. The van der Waals surface area contributed by atoms with Gasteiger partial charge in [0, 0.05) is 23.7 Å². The summed E-state index contributed by atoms with van der Waals surface area (Å²) in [6, 6.07) is 0.333. The largest absolute Gasteiger partial charge is 0.478 e. The van der Waals surface area contributed by atoms with Crippen LogP contribution in [0.2, 0.25) is 0 Å². The molecule has 4 nitrogen and oxygen atoms in total. The van der Waals surface area contributed by atoms with E-state index in [9.17, 15) is 9.59 Å². The summed E-state index contributed by atoms with van der Waals surface area (Å²) in [6.07, 6.45) is 8.42. The number of carboxylic acid groups (broad SMARTS) is 1. The van der Waals surface area contributed by atoms with E-state index in [-0.39, 0.29) is 11.5 Å². The van der Waals surface area contributed by atoms with E-state index in [0.717, 1.165) is 19.4 Å². The normalized spacial score (nSPS) is 25.5. The molecule has 2 rings (SSSR count). The minimum atomic E-state index is -0.996. The van der Waals surface area contributed by atoms with Gasteiger partial charge in [-0.2, -0.15) is 0 Å². The van der Waals surface area contributed by atoms with Crippen molar-refractivity contribution in [2.75, 3.05) is 6.54 Å². The van der Waals surface area contributed by atoms with Crippen LogP contribution in [0.25, 0.3) is 0 Å². The van der Waals surface area contributed by atoms with E-state index in [1.54, 1.807) is 6.92 Å². The van der Waals surface area contributed by atoms with Crippen LogP contribution in [0.5, 0.6) is 0 Å². The fraction of sp³-hybridized carbons (Fsp3) is 0.750. The van der Waals surface area contributed by atoms with Crippen LogP contribution >= 0.6 is 0 Å². The second-order valence-electron chi connectivity index (χ2n) is 6.16. The molecule has 0 aromatic carbocycles. The molecular formula is C16H25NO3. The molecule has 0 radical (unpaired) electrons. The maximum atomic E-state index is 12.5. The zero-order valence-electron chi connectivity index (χ0n) is 12.5. The average molecular weight is 279 g/mol. The lowest BCUT2D eigenvalue weighted by Gasteiger charge is -2.34. The van der Waals surface area contributed by atoms with E-state index >= 15 is 0 Å². The molecule has 1 saturated carbocycles. The fourth-order valence-electron chi connectivity index (χ4n) is 3.59. The first-order valence-corrected chi connectivity index (χ1v) is 7.74. The molecule has 2 aliphatic rings. The number of carboxylic acids is 1. The van der Waals surface area contributed by atoms with Crippen LogP contribution in [0.1, 0.15) is 58.8 Å². The van der Waals surface area contributed by atoms with Crippen molar-refractivity contribution in [3.05, 3.63) is 11.1 Å². The van der Waals surface area contributed by atoms with E-state index in [1.165, 1.54) is 39.0 Å². The highest BCUT2D eigenvalue weighted by Gasteiger charge is 2.35. The van der Waals surface area contributed by atoms with Crippen molar-refractivity contribution in [2.24, 2.45) is 5.92 Å². The molecule has 1 N–H and O–H groups in total. The molecule has 1 saturated heterocycles. The van der Waals surface area contributed by atoms with Gasteiger partial charge in [-0.15, -0.1) is 0 Å². The Balaban J connectivity index is 2.12. The van der Waals surface area contributed by atoms with Gasteiger partial charge in [0.1, 0.15) is 0 Å². The van der Waals surface area contributed by atoms with Gasteiger partial charge in [0.15, 0.2) is 0 Å². The van der Waals surface area contributed by atoms with Crippen LogP contribution in [-0.2, 0) is 9.59 Å². The Morgan fingerprint density at radius 1 is 0.950 bits per heavy atom. The molecule has 0 aromatic heterocycles. The number of nitrogens with zero attached hydrogens (tertiary/aromatic N) is 1. The number of amides is 1. The van der Waals surface area contributed by atoms with E-state index in [4.69, 9.17) is 5.11 Å². The summed E-state index contributed by atoms with van der Waals surface area (Å²) in [6.45, 7) is 3.94. The highest BCUT2D eigenvalue weighted by atomic mass is 16.4. The van der Waals surface area contributed by atoms with Gasteiger partial charge in [0.2, 0.25) is 5.91 Å². The van der Waals surface area contributed by atoms with Gasteiger partial charge >= 0.3 is 5.97 Å². The number of carbonyl (C=O) groups excluding carboxylic acids is 1. The van der Waals surface area contributed by atoms with Gasteiger partial charge in [0.05, 0.1) is 0 Å². The number of aliphatic carboxylic acids is 1. The lowest BCUT2D eigenvalue weighted by Crippen LogP contribution is -2.41. The molecule has 0 aromatic rings. The highest BCUT2D eigenvalue weighted by molar-refractivity contribution is 6.01. The molecule has 1 aliphatic heterocycles. The fourth-order valence-corrected chi connectivity index (χ4v) is 3.59. The summed E-state index contributed by atoms with van der Waals surface area (Å²) >= 11 is 0. The van der Waals surface area contributed by atoms with Crippen LogP contribution in [0.3, 0.4) is 0 Å². The Hall–Kier alpha value is -1.32. The lowest BCUT2D eigenvalue weighted by molar-refractivity contribution is -0.134. The first kappa shape index (κ1) is 15.1. The molecule has 2 fully saturated rings. The van der Waals surface area contributed by atoms with E-state index < -0.39 is 5.97 Å². The quantitative estimate of drug-likeness (QED) is 0.808. The molecule has 4 heteroatoms. The summed E-state index contributed by atoms with van der Waals surface area (Å²) in [7, 11) is 0. The van der Waals surface area contributed by atoms with Gasteiger partial charge in [-0.3, -0.25) is 4.79 Å². The third-order valence-electron chi connectivity index (χ3n) is 4.96. The van der Waals surface area contributed by atoms with E-state index in [1.807, 2.05) is 4.90 Å². The highest BCUT2D eigenvalue weighted by Crippen LogP contribution is 2.35. The molecule has 1 unspecified atom stereocenters. The third-order valence-corrected chi connectivity index (χ3v) is 4.96. The average Bonchev–Trinajstić information content (AvgIpc) is 2.95. The number of rotatable bonds is 3. The summed E-state index contributed by atoms with van der Waals surface area (Å²) < 4.78 is 0. The number of hydrogen-bond acceptors (Lipinski definition) is 2. The first-order chi connectivity index (χ1) is 9.52. The Morgan fingerprint density at radius 3 is 2.20 bits per heavy atom. The summed E-state index contributed by atoms with van der Waals surface area (Å²) in [5, 5.41) is 9.03. The minimum absolute atomic E-state index is 0.0713. The maximum absolute atomic E-state index is 12.5. The molecule has 112 valence electrons. The zero-order chi connectivity index (χ0) is 14.7. The van der Waals surface area contributed by atoms with Crippen LogP contribution in [0.4, 0.5) is 0 Å². The minimum Gasteiger partial charge on any atom is -0.478 e.